The van der Waals surface area contributed by atoms with E-state index in [0.717, 1.165) is 16.0 Å². The summed E-state index contributed by atoms with van der Waals surface area (Å²) in [6, 6.07) is 19.7. The van der Waals surface area contributed by atoms with Gasteiger partial charge in [-0.3, -0.25) is 14.5 Å². The number of thiophene rings is 1. The molecule has 0 spiro atoms. The molecule has 2 N–H and O–H groups in total. The number of carbonyl (C=O) groups excluding carboxylic acids is 1. The fourth-order valence-electron chi connectivity index (χ4n) is 3.28. The Bertz CT molecular complexity index is 1070. The number of carbonyl (C=O) groups is 2. The van der Waals surface area contributed by atoms with Gasteiger partial charge in [-0.2, -0.15) is 0 Å². The first-order valence-electron chi connectivity index (χ1n) is 10.6. The van der Waals surface area contributed by atoms with Crippen molar-refractivity contribution in [1.82, 2.24) is 10.2 Å². The second-order valence-electron chi connectivity index (χ2n) is 7.82. The van der Waals surface area contributed by atoms with Crippen molar-refractivity contribution in [3.63, 3.8) is 0 Å². The lowest BCUT2D eigenvalue weighted by Crippen LogP contribution is -2.31. The Morgan fingerprint density at radius 3 is 2.33 bits per heavy atom. The van der Waals surface area contributed by atoms with Gasteiger partial charge in [-0.15, -0.1) is 22.9 Å². The van der Waals surface area contributed by atoms with Crippen LogP contribution in [0.1, 0.15) is 37.7 Å². The number of halogens is 2. The molecule has 174 valence electrons. The summed E-state index contributed by atoms with van der Waals surface area (Å²) in [4.78, 5) is 26.7. The monoisotopic (exact) mass is 504 g/mol. The number of carboxylic acids is 1. The van der Waals surface area contributed by atoms with Gasteiger partial charge in [-0.1, -0.05) is 53.6 Å². The van der Waals surface area contributed by atoms with E-state index in [-0.39, 0.29) is 24.4 Å². The van der Waals surface area contributed by atoms with E-state index in [1.54, 1.807) is 6.07 Å². The fraction of sp³-hybridized carbons (Fsp3) is 0.280. The SMILES string of the molecule is Cc1ccc(CN(Cc2ccc(C(=O)NCCC(=O)O)s2)C(Cl)Cc2ccc(Cl)cc2)cc1. The van der Waals surface area contributed by atoms with Gasteiger partial charge in [-0.25, -0.2) is 0 Å². The molecule has 8 heteroatoms. The summed E-state index contributed by atoms with van der Waals surface area (Å²) in [5.74, 6) is -1.20. The van der Waals surface area contributed by atoms with Gasteiger partial charge in [0.25, 0.3) is 5.91 Å². The van der Waals surface area contributed by atoms with Crippen LogP contribution in [-0.4, -0.2) is 33.9 Å². The average Bonchev–Trinajstić information content (AvgIpc) is 3.25. The molecular formula is C25H26Cl2N2O3S. The Balaban J connectivity index is 1.71. The molecule has 0 aliphatic carbocycles. The number of nitrogens with zero attached hydrogens (tertiary/aromatic N) is 1. The maximum atomic E-state index is 12.3. The topological polar surface area (TPSA) is 69.6 Å². The highest BCUT2D eigenvalue weighted by molar-refractivity contribution is 7.14. The highest BCUT2D eigenvalue weighted by Crippen LogP contribution is 2.24. The van der Waals surface area contributed by atoms with Crippen LogP contribution in [0.2, 0.25) is 5.02 Å². The number of benzene rings is 2. The number of aryl methyl sites for hydroxylation is 1. The van der Waals surface area contributed by atoms with E-state index < -0.39 is 5.97 Å². The summed E-state index contributed by atoms with van der Waals surface area (Å²) < 4.78 is 0. The molecule has 3 rings (SSSR count). The normalized spacial score (nSPS) is 12.0. The summed E-state index contributed by atoms with van der Waals surface area (Å²) in [6.07, 6.45) is 0.547. The maximum absolute atomic E-state index is 12.3. The average molecular weight is 505 g/mol. The number of aliphatic carboxylic acids is 1. The third kappa shape index (κ3) is 8.16. The molecule has 3 aromatic rings. The largest absolute Gasteiger partial charge is 0.481 e. The Morgan fingerprint density at radius 1 is 1.00 bits per heavy atom. The van der Waals surface area contributed by atoms with Crippen molar-refractivity contribution >= 4 is 46.4 Å². The Labute approximate surface area is 208 Å². The second-order valence-corrected chi connectivity index (χ2v) is 9.93. The zero-order valence-corrected chi connectivity index (χ0v) is 20.6. The van der Waals surface area contributed by atoms with Crippen molar-refractivity contribution in [1.29, 1.82) is 0 Å². The molecule has 33 heavy (non-hydrogen) atoms. The van der Waals surface area contributed by atoms with Crippen LogP contribution in [0.4, 0.5) is 0 Å². The minimum atomic E-state index is -0.942. The Hall–Kier alpha value is -2.38. The number of nitrogens with one attached hydrogen (secondary N) is 1. The summed E-state index contributed by atoms with van der Waals surface area (Å²) in [5.41, 5.74) is 3.19. The van der Waals surface area contributed by atoms with E-state index in [9.17, 15) is 9.59 Å². The first-order valence-corrected chi connectivity index (χ1v) is 12.2. The number of amides is 1. The predicted octanol–water partition coefficient (Wildman–Crippen LogP) is 5.72. The molecule has 0 saturated heterocycles. The van der Waals surface area contributed by atoms with Crippen LogP contribution in [0, 0.1) is 6.92 Å². The van der Waals surface area contributed by atoms with Gasteiger partial charge in [0.2, 0.25) is 0 Å². The molecular weight excluding hydrogens is 479 g/mol. The molecule has 0 aliphatic heterocycles. The molecule has 0 bridgehead atoms. The van der Waals surface area contributed by atoms with E-state index in [4.69, 9.17) is 28.3 Å². The molecule has 0 saturated carbocycles. The van der Waals surface area contributed by atoms with Crippen LogP contribution in [-0.2, 0) is 24.3 Å². The van der Waals surface area contributed by atoms with Gasteiger partial charge in [-0.05, 0) is 42.3 Å². The Morgan fingerprint density at radius 2 is 1.67 bits per heavy atom. The highest BCUT2D eigenvalue weighted by atomic mass is 35.5. The lowest BCUT2D eigenvalue weighted by molar-refractivity contribution is -0.136. The molecule has 1 heterocycles. The van der Waals surface area contributed by atoms with Crippen molar-refractivity contribution < 1.29 is 14.7 Å². The summed E-state index contributed by atoms with van der Waals surface area (Å²) in [7, 11) is 0. The van der Waals surface area contributed by atoms with Crippen molar-refractivity contribution in [2.24, 2.45) is 0 Å². The number of rotatable bonds is 11. The lowest BCUT2D eigenvalue weighted by atomic mass is 10.1. The zero-order chi connectivity index (χ0) is 23.8. The van der Waals surface area contributed by atoms with E-state index in [1.807, 2.05) is 30.3 Å². The van der Waals surface area contributed by atoms with Crippen molar-refractivity contribution in [2.75, 3.05) is 6.54 Å². The standard InChI is InChI=1S/C25H26Cl2N2O3S/c1-17-2-4-19(5-3-17)15-29(23(27)14-18-6-8-20(26)9-7-18)16-21-10-11-22(33-21)25(32)28-13-12-24(30)31/h2-11,23H,12-16H2,1H3,(H,28,32)(H,30,31). The zero-order valence-electron chi connectivity index (χ0n) is 18.3. The Kier molecular flexibility index (Phi) is 9.32. The van der Waals surface area contributed by atoms with Crippen molar-refractivity contribution in [3.05, 3.63) is 92.1 Å². The number of hydrogen-bond acceptors (Lipinski definition) is 4. The van der Waals surface area contributed by atoms with E-state index in [2.05, 4.69) is 41.4 Å². The van der Waals surface area contributed by atoms with Crippen LogP contribution in [0.25, 0.3) is 0 Å². The van der Waals surface area contributed by atoms with Crippen LogP contribution in [0.5, 0.6) is 0 Å². The maximum Gasteiger partial charge on any atom is 0.305 e. The molecule has 1 amide bonds. The predicted molar refractivity (Wildman–Crippen MR) is 134 cm³/mol. The van der Waals surface area contributed by atoms with Gasteiger partial charge in [0.1, 0.15) is 0 Å². The third-order valence-corrected chi connectivity index (χ3v) is 6.84. The molecule has 1 atom stereocenters. The van der Waals surface area contributed by atoms with Gasteiger partial charge >= 0.3 is 5.97 Å². The number of hydrogen-bond donors (Lipinski definition) is 2. The molecule has 0 aliphatic rings. The van der Waals surface area contributed by atoms with Gasteiger partial charge in [0.15, 0.2) is 0 Å². The molecule has 2 aromatic carbocycles. The molecule has 1 unspecified atom stereocenters. The summed E-state index contributed by atoms with van der Waals surface area (Å²) in [6.45, 7) is 3.41. The van der Waals surface area contributed by atoms with E-state index in [1.165, 1.54) is 16.9 Å². The lowest BCUT2D eigenvalue weighted by Gasteiger charge is -2.27. The summed E-state index contributed by atoms with van der Waals surface area (Å²) in [5, 5.41) is 12.1. The minimum absolute atomic E-state index is 0.103. The second kappa shape index (κ2) is 12.2. The fourth-order valence-corrected chi connectivity index (χ4v) is 4.67. The highest BCUT2D eigenvalue weighted by Gasteiger charge is 2.19. The van der Waals surface area contributed by atoms with Crippen molar-refractivity contribution in [2.45, 2.75) is 38.4 Å². The van der Waals surface area contributed by atoms with Crippen LogP contribution < -0.4 is 5.32 Å². The summed E-state index contributed by atoms with van der Waals surface area (Å²) >= 11 is 14.3. The molecule has 1 aromatic heterocycles. The number of carboxylic acid groups (broad SMARTS) is 1. The van der Waals surface area contributed by atoms with Crippen LogP contribution in [0.3, 0.4) is 0 Å². The van der Waals surface area contributed by atoms with E-state index >= 15 is 0 Å². The van der Waals surface area contributed by atoms with Crippen molar-refractivity contribution in [3.8, 4) is 0 Å². The van der Waals surface area contributed by atoms with Gasteiger partial charge in [0.05, 0.1) is 16.8 Å². The first-order chi connectivity index (χ1) is 15.8. The molecule has 5 nitrogen and oxygen atoms in total. The quantitative estimate of drug-likeness (QED) is 0.258. The first kappa shape index (κ1) is 25.2. The number of alkyl halides is 1. The minimum Gasteiger partial charge on any atom is -0.481 e. The van der Waals surface area contributed by atoms with Gasteiger partial charge < -0.3 is 10.4 Å². The molecule has 0 fully saturated rings. The molecule has 0 radical (unpaired) electrons. The van der Waals surface area contributed by atoms with E-state index in [0.29, 0.717) is 29.4 Å². The van der Waals surface area contributed by atoms with Crippen LogP contribution in [0.15, 0.2) is 60.7 Å². The smallest absolute Gasteiger partial charge is 0.305 e. The third-order valence-electron chi connectivity index (χ3n) is 5.09. The van der Waals surface area contributed by atoms with Crippen LogP contribution >= 0.6 is 34.5 Å². The van der Waals surface area contributed by atoms with Gasteiger partial charge in [0, 0.05) is 36.0 Å².